The number of rotatable bonds is 9. The van der Waals surface area contributed by atoms with Gasteiger partial charge in [0.15, 0.2) is 0 Å². The molecule has 4 heteroatoms. The number of aryl methyl sites for hydroxylation is 1. The third-order valence-corrected chi connectivity index (χ3v) is 3.68. The summed E-state index contributed by atoms with van der Waals surface area (Å²) in [6.45, 7) is 7.91. The van der Waals surface area contributed by atoms with E-state index in [1.807, 2.05) is 0 Å². The van der Waals surface area contributed by atoms with Crippen molar-refractivity contribution in [2.45, 2.75) is 45.7 Å². The van der Waals surface area contributed by atoms with Crippen molar-refractivity contribution >= 4 is 5.82 Å². The zero-order valence-electron chi connectivity index (χ0n) is 13.0. The molecule has 4 nitrogen and oxygen atoms in total. The van der Waals surface area contributed by atoms with Crippen molar-refractivity contribution in [3.63, 3.8) is 0 Å². The Hall–Kier alpha value is -1.13. The fraction of sp³-hybridized carbons (Fsp3) is 0.688. The summed E-state index contributed by atoms with van der Waals surface area (Å²) in [5, 5.41) is 3.40. The number of anilines is 1. The Bertz CT molecular complexity index is 418. The van der Waals surface area contributed by atoms with Crippen LogP contribution in [0.25, 0.3) is 0 Å². The number of hydrogen-bond donors (Lipinski definition) is 1. The van der Waals surface area contributed by atoms with E-state index in [1.165, 1.54) is 24.1 Å². The van der Waals surface area contributed by atoms with E-state index in [0.717, 1.165) is 38.5 Å². The lowest BCUT2D eigenvalue weighted by atomic mass is 10.2. The van der Waals surface area contributed by atoms with Crippen LogP contribution in [0.4, 0.5) is 5.82 Å². The largest absolute Gasteiger partial charge is 0.383 e. The Kier molecular flexibility index (Phi) is 5.80. The number of nitrogens with zero attached hydrogens (tertiary/aromatic N) is 2. The summed E-state index contributed by atoms with van der Waals surface area (Å²) in [7, 11) is 1.76. The van der Waals surface area contributed by atoms with Gasteiger partial charge in [-0.15, -0.1) is 0 Å². The van der Waals surface area contributed by atoms with Crippen LogP contribution in [0, 0.1) is 0 Å². The lowest BCUT2D eigenvalue weighted by Crippen LogP contribution is -2.30. The number of methoxy groups -OCH3 is 1. The number of pyridine rings is 1. The fourth-order valence-corrected chi connectivity index (χ4v) is 2.39. The third-order valence-electron chi connectivity index (χ3n) is 3.68. The highest BCUT2D eigenvalue weighted by atomic mass is 16.5. The summed E-state index contributed by atoms with van der Waals surface area (Å²) >= 11 is 0. The highest BCUT2D eigenvalue weighted by molar-refractivity contribution is 5.45. The quantitative estimate of drug-likeness (QED) is 0.752. The Morgan fingerprint density at radius 3 is 2.75 bits per heavy atom. The maximum absolute atomic E-state index is 5.24. The van der Waals surface area contributed by atoms with Gasteiger partial charge in [0.25, 0.3) is 0 Å². The molecule has 0 aromatic carbocycles. The van der Waals surface area contributed by atoms with Crippen LogP contribution in [0.1, 0.15) is 37.9 Å². The fourth-order valence-electron chi connectivity index (χ4n) is 2.39. The van der Waals surface area contributed by atoms with E-state index in [0.29, 0.717) is 6.04 Å². The van der Waals surface area contributed by atoms with Gasteiger partial charge in [-0.1, -0.05) is 13.8 Å². The zero-order valence-corrected chi connectivity index (χ0v) is 13.0. The van der Waals surface area contributed by atoms with Crippen molar-refractivity contribution < 1.29 is 4.74 Å². The molecule has 0 aliphatic heterocycles. The molecule has 1 fully saturated rings. The number of aromatic nitrogens is 1. The topological polar surface area (TPSA) is 37.4 Å². The molecule has 1 aliphatic rings. The first-order chi connectivity index (χ1) is 9.78. The Morgan fingerprint density at radius 1 is 1.35 bits per heavy atom. The second-order valence-corrected chi connectivity index (χ2v) is 5.38. The van der Waals surface area contributed by atoms with Crippen LogP contribution < -0.4 is 10.2 Å². The first kappa shape index (κ1) is 15.3. The lowest BCUT2D eigenvalue weighted by Gasteiger charge is -2.24. The predicted molar refractivity (Wildman–Crippen MR) is 83.2 cm³/mol. The number of nitrogens with one attached hydrogen (secondary N) is 1. The molecule has 0 bridgehead atoms. The van der Waals surface area contributed by atoms with E-state index in [2.05, 4.69) is 36.2 Å². The van der Waals surface area contributed by atoms with E-state index in [-0.39, 0.29) is 0 Å². The molecule has 0 atom stereocenters. The van der Waals surface area contributed by atoms with Crippen LogP contribution in [0.15, 0.2) is 12.1 Å². The molecular weight excluding hydrogens is 250 g/mol. The molecule has 112 valence electrons. The van der Waals surface area contributed by atoms with Crippen LogP contribution in [-0.4, -0.2) is 37.8 Å². The summed E-state index contributed by atoms with van der Waals surface area (Å²) in [5.74, 6) is 1.12. The van der Waals surface area contributed by atoms with Gasteiger partial charge in [0.2, 0.25) is 0 Å². The van der Waals surface area contributed by atoms with Crippen LogP contribution in [-0.2, 0) is 17.7 Å². The highest BCUT2D eigenvalue weighted by Crippen LogP contribution is 2.31. The first-order valence-corrected chi connectivity index (χ1v) is 7.74. The molecule has 20 heavy (non-hydrogen) atoms. The summed E-state index contributed by atoms with van der Waals surface area (Å²) in [6, 6.07) is 5.11. The van der Waals surface area contributed by atoms with E-state index < -0.39 is 0 Å². The smallest absolute Gasteiger partial charge is 0.129 e. The standard InChI is InChI=1S/C16H27N3O/c1-4-14-10-13(12-17-5-2)11-16(18-14)19(8-9-20-3)15-6-7-15/h10-11,15,17H,4-9,12H2,1-3H3. The molecule has 0 unspecified atom stereocenters. The van der Waals surface area contributed by atoms with Gasteiger partial charge in [0.05, 0.1) is 6.61 Å². The summed E-state index contributed by atoms with van der Waals surface area (Å²) < 4.78 is 5.24. The number of ether oxygens (including phenoxy) is 1. The van der Waals surface area contributed by atoms with Gasteiger partial charge in [-0.25, -0.2) is 4.98 Å². The zero-order chi connectivity index (χ0) is 14.4. The predicted octanol–water partition coefficient (Wildman–Crippen LogP) is 2.37. The van der Waals surface area contributed by atoms with Gasteiger partial charge in [-0.05, 0) is 43.5 Å². The molecule has 1 aromatic heterocycles. The molecule has 0 saturated heterocycles. The normalized spacial score (nSPS) is 14.6. The monoisotopic (exact) mass is 277 g/mol. The average molecular weight is 277 g/mol. The second kappa shape index (κ2) is 7.60. The van der Waals surface area contributed by atoms with E-state index in [4.69, 9.17) is 9.72 Å². The molecule has 1 aliphatic carbocycles. The molecule has 0 radical (unpaired) electrons. The van der Waals surface area contributed by atoms with Gasteiger partial charge in [-0.2, -0.15) is 0 Å². The average Bonchev–Trinajstić information content (AvgIpc) is 3.30. The van der Waals surface area contributed by atoms with Crippen molar-refractivity contribution in [2.75, 3.05) is 31.7 Å². The number of hydrogen-bond acceptors (Lipinski definition) is 4. The maximum Gasteiger partial charge on any atom is 0.129 e. The minimum Gasteiger partial charge on any atom is -0.383 e. The highest BCUT2D eigenvalue weighted by Gasteiger charge is 2.30. The van der Waals surface area contributed by atoms with Crippen molar-refractivity contribution in [3.8, 4) is 0 Å². The minimum atomic E-state index is 0.664. The van der Waals surface area contributed by atoms with Gasteiger partial charge < -0.3 is 15.0 Å². The molecule has 0 amide bonds. The molecular formula is C16H27N3O. The van der Waals surface area contributed by atoms with Gasteiger partial charge >= 0.3 is 0 Å². The van der Waals surface area contributed by atoms with Gasteiger partial charge in [-0.3, -0.25) is 0 Å². The van der Waals surface area contributed by atoms with Crippen LogP contribution in [0.2, 0.25) is 0 Å². The van der Waals surface area contributed by atoms with Gasteiger partial charge in [0, 0.05) is 31.9 Å². The Labute approximate surface area is 122 Å². The van der Waals surface area contributed by atoms with E-state index in [1.54, 1.807) is 7.11 Å². The molecule has 1 N–H and O–H groups in total. The maximum atomic E-state index is 5.24. The lowest BCUT2D eigenvalue weighted by molar-refractivity contribution is 0.204. The van der Waals surface area contributed by atoms with E-state index >= 15 is 0 Å². The van der Waals surface area contributed by atoms with Crippen molar-refractivity contribution in [3.05, 3.63) is 23.4 Å². The summed E-state index contributed by atoms with van der Waals surface area (Å²) in [4.78, 5) is 7.23. The Balaban J connectivity index is 2.18. The second-order valence-electron chi connectivity index (χ2n) is 5.38. The summed E-state index contributed by atoms with van der Waals surface area (Å²) in [5.41, 5.74) is 2.51. The SMILES string of the molecule is CCNCc1cc(CC)nc(N(CCOC)C2CC2)c1. The minimum absolute atomic E-state index is 0.664. The van der Waals surface area contributed by atoms with Gasteiger partial charge in [0.1, 0.15) is 5.82 Å². The van der Waals surface area contributed by atoms with E-state index in [9.17, 15) is 0 Å². The van der Waals surface area contributed by atoms with Crippen molar-refractivity contribution in [2.24, 2.45) is 0 Å². The van der Waals surface area contributed by atoms with Crippen molar-refractivity contribution in [1.82, 2.24) is 10.3 Å². The molecule has 1 heterocycles. The Morgan fingerprint density at radius 2 is 2.15 bits per heavy atom. The van der Waals surface area contributed by atoms with Crippen LogP contribution >= 0.6 is 0 Å². The molecule has 1 aromatic rings. The first-order valence-electron chi connectivity index (χ1n) is 7.74. The van der Waals surface area contributed by atoms with Crippen LogP contribution in [0.3, 0.4) is 0 Å². The third kappa shape index (κ3) is 4.18. The van der Waals surface area contributed by atoms with Crippen molar-refractivity contribution in [1.29, 1.82) is 0 Å². The molecule has 0 spiro atoms. The van der Waals surface area contributed by atoms with Crippen LogP contribution in [0.5, 0.6) is 0 Å². The molecule has 2 rings (SSSR count). The summed E-state index contributed by atoms with van der Waals surface area (Å²) in [6.07, 6.45) is 3.55. The molecule has 1 saturated carbocycles.